The molecule has 2 aromatic rings. The number of ether oxygens (including phenoxy) is 2. The van der Waals surface area contributed by atoms with Crippen LogP contribution in [-0.4, -0.2) is 31.6 Å². The fourth-order valence-corrected chi connectivity index (χ4v) is 3.26. The number of nitrogens with one attached hydrogen (secondary N) is 2. The van der Waals surface area contributed by atoms with E-state index in [0.29, 0.717) is 36.2 Å². The van der Waals surface area contributed by atoms with Crippen molar-refractivity contribution in [3.05, 3.63) is 47.4 Å². The predicted octanol–water partition coefficient (Wildman–Crippen LogP) is 2.36. The number of furan rings is 1. The lowest BCUT2D eigenvalue weighted by Gasteiger charge is -2.23. The molecule has 1 atom stereocenters. The van der Waals surface area contributed by atoms with Crippen LogP contribution in [0.1, 0.15) is 40.6 Å². The van der Waals surface area contributed by atoms with Crippen molar-refractivity contribution in [2.75, 3.05) is 19.8 Å². The lowest BCUT2D eigenvalue weighted by atomic mass is 10.0. The molecule has 1 aliphatic heterocycles. The minimum absolute atomic E-state index is 0.0861. The SMILES string of the molecule is Cc1occc1C(=O)NCC(=O)N[C@H](c1ccc2c(c1)OCCO2)C1CC1. The van der Waals surface area contributed by atoms with E-state index in [2.05, 4.69) is 10.6 Å². The Morgan fingerprint density at radius 1 is 1.15 bits per heavy atom. The van der Waals surface area contributed by atoms with Gasteiger partial charge in [0.05, 0.1) is 24.4 Å². The number of fused-ring (bicyclic) bond motifs is 1. The molecule has 0 spiro atoms. The lowest BCUT2D eigenvalue weighted by Crippen LogP contribution is -2.39. The highest BCUT2D eigenvalue weighted by molar-refractivity contribution is 5.97. The van der Waals surface area contributed by atoms with Crippen LogP contribution in [0, 0.1) is 12.8 Å². The maximum Gasteiger partial charge on any atom is 0.255 e. The van der Waals surface area contributed by atoms with Crippen LogP contribution in [0.2, 0.25) is 0 Å². The van der Waals surface area contributed by atoms with Gasteiger partial charge in [-0.1, -0.05) is 6.07 Å². The van der Waals surface area contributed by atoms with Gasteiger partial charge in [0.2, 0.25) is 5.91 Å². The van der Waals surface area contributed by atoms with Gasteiger partial charge in [-0.05, 0) is 49.4 Å². The molecule has 27 heavy (non-hydrogen) atoms. The second-order valence-corrected chi connectivity index (χ2v) is 6.86. The van der Waals surface area contributed by atoms with Crippen molar-refractivity contribution in [3.8, 4) is 11.5 Å². The lowest BCUT2D eigenvalue weighted by molar-refractivity contribution is -0.121. The molecule has 2 aliphatic rings. The fraction of sp³-hybridized carbons (Fsp3) is 0.400. The van der Waals surface area contributed by atoms with E-state index in [1.54, 1.807) is 13.0 Å². The van der Waals surface area contributed by atoms with Gasteiger partial charge in [0, 0.05) is 0 Å². The molecule has 7 nitrogen and oxygen atoms in total. The van der Waals surface area contributed by atoms with Crippen molar-refractivity contribution < 1.29 is 23.5 Å². The molecule has 2 heterocycles. The average molecular weight is 370 g/mol. The van der Waals surface area contributed by atoms with Gasteiger partial charge in [-0.3, -0.25) is 9.59 Å². The van der Waals surface area contributed by atoms with E-state index in [1.807, 2.05) is 18.2 Å². The molecular weight excluding hydrogens is 348 g/mol. The van der Waals surface area contributed by atoms with Crippen molar-refractivity contribution in [2.45, 2.75) is 25.8 Å². The standard InChI is InChI=1S/C20H22N2O5/c1-12-15(6-7-25-12)20(24)21-11-18(23)22-19(13-2-3-13)14-4-5-16-17(10-14)27-9-8-26-16/h4-7,10,13,19H,2-3,8-9,11H2,1H3,(H,21,24)(H,22,23)/t19-/m0/s1. The summed E-state index contributed by atoms with van der Waals surface area (Å²) in [5.41, 5.74) is 1.43. The van der Waals surface area contributed by atoms with Crippen molar-refractivity contribution in [1.82, 2.24) is 10.6 Å². The summed E-state index contributed by atoms with van der Waals surface area (Å²) in [4.78, 5) is 24.5. The predicted molar refractivity (Wildman–Crippen MR) is 96.8 cm³/mol. The first-order valence-electron chi connectivity index (χ1n) is 9.13. The highest BCUT2D eigenvalue weighted by Gasteiger charge is 2.34. The van der Waals surface area contributed by atoms with Crippen LogP contribution >= 0.6 is 0 Å². The molecule has 7 heteroatoms. The highest BCUT2D eigenvalue weighted by Crippen LogP contribution is 2.43. The third kappa shape index (κ3) is 3.92. The first kappa shape index (κ1) is 17.5. The number of hydrogen-bond acceptors (Lipinski definition) is 5. The van der Waals surface area contributed by atoms with E-state index < -0.39 is 0 Å². The number of amides is 2. The van der Waals surface area contributed by atoms with Crippen LogP contribution in [-0.2, 0) is 4.79 Å². The monoisotopic (exact) mass is 370 g/mol. The van der Waals surface area contributed by atoms with Crippen molar-refractivity contribution in [1.29, 1.82) is 0 Å². The van der Waals surface area contributed by atoms with Gasteiger partial charge in [-0.25, -0.2) is 0 Å². The largest absolute Gasteiger partial charge is 0.486 e. The van der Waals surface area contributed by atoms with Gasteiger partial charge in [0.15, 0.2) is 11.5 Å². The summed E-state index contributed by atoms with van der Waals surface area (Å²) < 4.78 is 16.3. The Balaban J connectivity index is 1.39. The zero-order valence-corrected chi connectivity index (χ0v) is 15.1. The van der Waals surface area contributed by atoms with E-state index in [4.69, 9.17) is 13.9 Å². The first-order valence-corrected chi connectivity index (χ1v) is 9.13. The molecule has 0 unspecified atom stereocenters. The van der Waals surface area contributed by atoms with Gasteiger partial charge in [0.25, 0.3) is 5.91 Å². The van der Waals surface area contributed by atoms with Crippen molar-refractivity contribution in [3.63, 3.8) is 0 Å². The second-order valence-electron chi connectivity index (χ2n) is 6.86. The molecule has 1 saturated carbocycles. The Kier molecular flexibility index (Phi) is 4.75. The first-order chi connectivity index (χ1) is 13.1. The normalized spacial score (nSPS) is 16.5. The summed E-state index contributed by atoms with van der Waals surface area (Å²) in [6.45, 7) is 2.69. The van der Waals surface area contributed by atoms with E-state index in [9.17, 15) is 9.59 Å². The van der Waals surface area contributed by atoms with E-state index in [0.717, 1.165) is 24.2 Å². The summed E-state index contributed by atoms with van der Waals surface area (Å²) in [5.74, 6) is 1.83. The number of carbonyl (C=O) groups excluding carboxylic acids is 2. The van der Waals surface area contributed by atoms with Crippen molar-refractivity contribution >= 4 is 11.8 Å². The molecule has 1 aromatic heterocycles. The molecule has 1 aliphatic carbocycles. The molecule has 0 saturated heterocycles. The maximum absolute atomic E-state index is 12.4. The summed E-state index contributed by atoms with van der Waals surface area (Å²) >= 11 is 0. The summed E-state index contributed by atoms with van der Waals surface area (Å²) in [6.07, 6.45) is 3.59. The zero-order valence-electron chi connectivity index (χ0n) is 15.1. The molecular formula is C20H22N2O5. The Morgan fingerprint density at radius 3 is 2.63 bits per heavy atom. The number of aryl methyl sites for hydroxylation is 1. The third-order valence-electron chi connectivity index (χ3n) is 4.85. The van der Waals surface area contributed by atoms with Crippen LogP contribution in [0.5, 0.6) is 11.5 Å². The van der Waals surface area contributed by atoms with Crippen LogP contribution in [0.4, 0.5) is 0 Å². The Hall–Kier alpha value is -2.96. The zero-order chi connectivity index (χ0) is 18.8. The van der Waals surface area contributed by atoms with Crippen LogP contribution in [0.3, 0.4) is 0 Å². The molecule has 2 amide bonds. The minimum Gasteiger partial charge on any atom is -0.486 e. The molecule has 4 rings (SSSR count). The second kappa shape index (κ2) is 7.34. The van der Waals surface area contributed by atoms with Gasteiger partial charge in [-0.15, -0.1) is 0 Å². The topological polar surface area (TPSA) is 89.8 Å². The molecule has 0 radical (unpaired) electrons. The van der Waals surface area contributed by atoms with Crippen molar-refractivity contribution in [2.24, 2.45) is 5.92 Å². The molecule has 1 fully saturated rings. The molecule has 142 valence electrons. The van der Waals surface area contributed by atoms with E-state index >= 15 is 0 Å². The minimum atomic E-state index is -0.321. The Bertz CT molecular complexity index is 856. The van der Waals surface area contributed by atoms with Gasteiger partial charge >= 0.3 is 0 Å². The average Bonchev–Trinajstić information content (AvgIpc) is 3.44. The van der Waals surface area contributed by atoms with Gasteiger partial charge in [0.1, 0.15) is 19.0 Å². The Morgan fingerprint density at radius 2 is 1.93 bits per heavy atom. The van der Waals surface area contributed by atoms with Crippen LogP contribution < -0.4 is 20.1 Å². The van der Waals surface area contributed by atoms with Crippen LogP contribution in [0.15, 0.2) is 34.9 Å². The smallest absolute Gasteiger partial charge is 0.255 e. The summed E-state index contributed by atoms with van der Waals surface area (Å²) in [5, 5.41) is 5.68. The highest BCUT2D eigenvalue weighted by atomic mass is 16.6. The molecule has 2 N–H and O–H groups in total. The van der Waals surface area contributed by atoms with Gasteiger partial charge in [-0.2, -0.15) is 0 Å². The number of carbonyl (C=O) groups is 2. The van der Waals surface area contributed by atoms with E-state index in [-0.39, 0.29) is 24.4 Å². The third-order valence-corrected chi connectivity index (χ3v) is 4.85. The Labute approximate surface area is 157 Å². The summed E-state index contributed by atoms with van der Waals surface area (Å²) in [6, 6.07) is 7.27. The summed E-state index contributed by atoms with van der Waals surface area (Å²) in [7, 11) is 0. The number of rotatable bonds is 6. The molecule has 1 aromatic carbocycles. The maximum atomic E-state index is 12.4. The van der Waals surface area contributed by atoms with Crippen LogP contribution in [0.25, 0.3) is 0 Å². The van der Waals surface area contributed by atoms with E-state index in [1.165, 1.54) is 6.26 Å². The number of hydrogen-bond donors (Lipinski definition) is 2. The van der Waals surface area contributed by atoms with Gasteiger partial charge < -0.3 is 24.5 Å². The molecule has 0 bridgehead atoms. The number of benzene rings is 1. The quantitative estimate of drug-likeness (QED) is 0.815. The fourth-order valence-electron chi connectivity index (χ4n) is 3.26.